The van der Waals surface area contributed by atoms with E-state index in [4.69, 9.17) is 0 Å². The van der Waals surface area contributed by atoms with Crippen molar-refractivity contribution in [3.63, 3.8) is 0 Å². The summed E-state index contributed by atoms with van der Waals surface area (Å²) in [6.07, 6.45) is 11.1. The molecular formula is C15H16N4O. The topological polar surface area (TPSA) is 63.6 Å². The molecule has 1 fully saturated rings. The van der Waals surface area contributed by atoms with Gasteiger partial charge >= 0.3 is 5.69 Å². The average molecular weight is 268 g/mol. The molecule has 1 saturated carbocycles. The lowest BCUT2D eigenvalue weighted by atomic mass is 9.95. The molecule has 0 saturated heterocycles. The van der Waals surface area contributed by atoms with E-state index in [0.717, 1.165) is 34.8 Å². The van der Waals surface area contributed by atoms with E-state index in [1.54, 1.807) is 12.4 Å². The largest absolute Gasteiger partial charge is 0.348 e. The van der Waals surface area contributed by atoms with Gasteiger partial charge < -0.3 is 4.98 Å². The first kappa shape index (κ1) is 11.6. The fourth-order valence-corrected chi connectivity index (χ4v) is 3.33. The van der Waals surface area contributed by atoms with Gasteiger partial charge in [0.15, 0.2) is 0 Å². The van der Waals surface area contributed by atoms with Crippen molar-refractivity contribution < 1.29 is 0 Å². The maximum Gasteiger partial charge on any atom is 0.348 e. The molecule has 0 aromatic carbocycles. The van der Waals surface area contributed by atoms with Crippen LogP contribution in [0.4, 0.5) is 0 Å². The Kier molecular flexibility index (Phi) is 2.58. The molecule has 3 aromatic heterocycles. The van der Waals surface area contributed by atoms with Gasteiger partial charge in [-0.15, -0.1) is 0 Å². The van der Waals surface area contributed by atoms with Crippen molar-refractivity contribution in [3.05, 3.63) is 35.1 Å². The zero-order valence-electron chi connectivity index (χ0n) is 11.2. The van der Waals surface area contributed by atoms with Crippen molar-refractivity contribution >= 4 is 21.9 Å². The third kappa shape index (κ3) is 1.66. The molecule has 3 heterocycles. The molecule has 5 heteroatoms. The van der Waals surface area contributed by atoms with E-state index in [0.29, 0.717) is 0 Å². The molecule has 3 aromatic rings. The van der Waals surface area contributed by atoms with Crippen molar-refractivity contribution in [3.8, 4) is 0 Å². The molecular weight excluding hydrogens is 252 g/mol. The smallest absolute Gasteiger partial charge is 0.346 e. The van der Waals surface area contributed by atoms with Crippen LogP contribution in [0.1, 0.15) is 38.1 Å². The highest BCUT2D eigenvalue weighted by molar-refractivity contribution is 6.01. The van der Waals surface area contributed by atoms with Crippen LogP contribution in [0.5, 0.6) is 0 Å². The number of hydrogen-bond donors (Lipinski definition) is 1. The highest BCUT2D eigenvalue weighted by Gasteiger charge is 2.20. The number of nitrogens with zero attached hydrogens (tertiary/aromatic N) is 3. The molecule has 0 spiro atoms. The van der Waals surface area contributed by atoms with Gasteiger partial charge in [-0.2, -0.15) is 0 Å². The summed E-state index contributed by atoms with van der Waals surface area (Å²) in [5.41, 5.74) is 1.66. The summed E-state index contributed by atoms with van der Waals surface area (Å²) in [5.74, 6) is 0. The second-order valence-electron chi connectivity index (χ2n) is 5.50. The molecule has 0 atom stereocenters. The average Bonchev–Trinajstić information content (AvgIpc) is 2.96. The SMILES string of the molecule is O=c1ncc2cnc3[nH]ccc3c2n1C1CCCCC1. The summed E-state index contributed by atoms with van der Waals surface area (Å²) >= 11 is 0. The second kappa shape index (κ2) is 4.44. The maximum absolute atomic E-state index is 12.3. The Hall–Kier alpha value is -2.17. The zero-order chi connectivity index (χ0) is 13.5. The Bertz CT molecular complexity index is 827. The van der Waals surface area contributed by atoms with Gasteiger partial charge in [0.2, 0.25) is 0 Å². The highest BCUT2D eigenvalue weighted by Crippen LogP contribution is 2.31. The van der Waals surface area contributed by atoms with Crippen LogP contribution in [0.25, 0.3) is 21.9 Å². The zero-order valence-corrected chi connectivity index (χ0v) is 11.2. The Morgan fingerprint density at radius 2 is 1.95 bits per heavy atom. The number of nitrogens with one attached hydrogen (secondary N) is 1. The van der Waals surface area contributed by atoms with Gasteiger partial charge in [-0.05, 0) is 18.9 Å². The molecule has 0 unspecified atom stereocenters. The van der Waals surface area contributed by atoms with Crippen LogP contribution >= 0.6 is 0 Å². The summed E-state index contributed by atoms with van der Waals surface area (Å²) in [6.45, 7) is 0. The minimum absolute atomic E-state index is 0.141. The summed E-state index contributed by atoms with van der Waals surface area (Å²) in [4.78, 5) is 23.8. The standard InChI is InChI=1S/C15H16N4O/c20-15-18-9-10-8-17-14-12(6-7-16-14)13(10)19(15)11-4-2-1-3-5-11/h6-9,11H,1-5H2,(H,16,17). The van der Waals surface area contributed by atoms with Crippen LogP contribution in [-0.2, 0) is 0 Å². The van der Waals surface area contributed by atoms with Gasteiger partial charge in [-0.1, -0.05) is 19.3 Å². The fourth-order valence-electron chi connectivity index (χ4n) is 3.33. The van der Waals surface area contributed by atoms with Gasteiger partial charge in [0.1, 0.15) is 5.65 Å². The number of aromatic nitrogens is 4. The predicted octanol–water partition coefficient (Wildman–Crippen LogP) is 2.78. The summed E-state index contributed by atoms with van der Waals surface area (Å²) in [6, 6.07) is 2.26. The Morgan fingerprint density at radius 1 is 1.15 bits per heavy atom. The normalized spacial score (nSPS) is 17.0. The fraction of sp³-hybridized carbons (Fsp3) is 0.400. The molecule has 0 radical (unpaired) electrons. The maximum atomic E-state index is 12.3. The van der Waals surface area contributed by atoms with Crippen LogP contribution in [0.2, 0.25) is 0 Å². The molecule has 5 nitrogen and oxygen atoms in total. The lowest BCUT2D eigenvalue weighted by Gasteiger charge is -2.25. The van der Waals surface area contributed by atoms with Crippen molar-refractivity contribution in [1.29, 1.82) is 0 Å². The molecule has 1 N–H and O–H groups in total. The van der Waals surface area contributed by atoms with Gasteiger partial charge in [-0.25, -0.2) is 14.8 Å². The number of fused-ring (bicyclic) bond motifs is 3. The highest BCUT2D eigenvalue weighted by atomic mass is 16.1. The summed E-state index contributed by atoms with van der Waals surface area (Å²) in [5, 5.41) is 1.94. The first-order valence-corrected chi connectivity index (χ1v) is 7.18. The van der Waals surface area contributed by atoms with Gasteiger partial charge in [0.25, 0.3) is 0 Å². The van der Waals surface area contributed by atoms with E-state index in [-0.39, 0.29) is 11.7 Å². The lowest BCUT2D eigenvalue weighted by Crippen LogP contribution is -2.28. The minimum atomic E-state index is -0.141. The minimum Gasteiger partial charge on any atom is -0.346 e. The first-order valence-electron chi connectivity index (χ1n) is 7.18. The van der Waals surface area contributed by atoms with Gasteiger partial charge in [0.05, 0.1) is 5.52 Å². The van der Waals surface area contributed by atoms with E-state index in [1.807, 2.05) is 16.8 Å². The Balaban J connectivity index is 2.08. The summed E-state index contributed by atoms with van der Waals surface area (Å²) in [7, 11) is 0. The van der Waals surface area contributed by atoms with E-state index >= 15 is 0 Å². The summed E-state index contributed by atoms with van der Waals surface area (Å²) < 4.78 is 1.90. The van der Waals surface area contributed by atoms with E-state index in [9.17, 15) is 4.79 Å². The number of aromatic amines is 1. The number of H-pyrrole nitrogens is 1. The van der Waals surface area contributed by atoms with Crippen molar-refractivity contribution in [1.82, 2.24) is 19.5 Å². The van der Waals surface area contributed by atoms with Crippen molar-refractivity contribution in [2.24, 2.45) is 0 Å². The third-order valence-electron chi connectivity index (χ3n) is 4.29. The van der Waals surface area contributed by atoms with Crippen LogP contribution in [0.3, 0.4) is 0 Å². The molecule has 1 aliphatic carbocycles. The van der Waals surface area contributed by atoms with Crippen LogP contribution < -0.4 is 5.69 Å². The monoisotopic (exact) mass is 268 g/mol. The predicted molar refractivity (Wildman–Crippen MR) is 77.8 cm³/mol. The number of hydrogen-bond acceptors (Lipinski definition) is 3. The van der Waals surface area contributed by atoms with Crippen molar-refractivity contribution in [2.75, 3.05) is 0 Å². The lowest BCUT2D eigenvalue weighted by molar-refractivity contribution is 0.351. The third-order valence-corrected chi connectivity index (χ3v) is 4.29. The van der Waals surface area contributed by atoms with E-state index in [1.165, 1.54) is 19.3 Å². The molecule has 0 aliphatic heterocycles. The van der Waals surface area contributed by atoms with Crippen LogP contribution in [-0.4, -0.2) is 19.5 Å². The van der Waals surface area contributed by atoms with Crippen molar-refractivity contribution in [2.45, 2.75) is 38.1 Å². The number of pyridine rings is 1. The van der Waals surface area contributed by atoms with E-state index in [2.05, 4.69) is 15.0 Å². The van der Waals surface area contributed by atoms with Gasteiger partial charge in [0, 0.05) is 35.4 Å². The molecule has 1 aliphatic rings. The quantitative estimate of drug-likeness (QED) is 0.738. The molecule has 20 heavy (non-hydrogen) atoms. The molecule has 102 valence electrons. The first-order chi connectivity index (χ1) is 9.84. The van der Waals surface area contributed by atoms with Crippen LogP contribution in [0, 0.1) is 0 Å². The molecule has 0 bridgehead atoms. The van der Waals surface area contributed by atoms with Crippen LogP contribution in [0.15, 0.2) is 29.5 Å². The Labute approximate surface area is 115 Å². The molecule has 0 amide bonds. The van der Waals surface area contributed by atoms with Gasteiger partial charge in [-0.3, -0.25) is 4.57 Å². The molecule has 4 rings (SSSR count). The second-order valence-corrected chi connectivity index (χ2v) is 5.50. The number of rotatable bonds is 1. The van der Waals surface area contributed by atoms with E-state index < -0.39 is 0 Å². The Morgan fingerprint density at radius 3 is 2.80 bits per heavy atom.